The van der Waals surface area contributed by atoms with Crippen LogP contribution in [0.2, 0.25) is 0 Å². The molecule has 3 N–H and O–H groups in total. The molecule has 0 aliphatic rings. The van der Waals surface area contributed by atoms with E-state index in [4.69, 9.17) is 10.8 Å². The van der Waals surface area contributed by atoms with Gasteiger partial charge in [-0.1, -0.05) is 43.7 Å². The number of aliphatic hydroxyl groups is 1. The number of hydrogen-bond donors (Lipinski definition) is 2. The first kappa shape index (κ1) is 15.7. The Kier molecular flexibility index (Phi) is 7.15. The first-order valence-electron chi connectivity index (χ1n) is 6.88. The highest BCUT2D eigenvalue weighted by atomic mass is 16.3. The predicted molar refractivity (Wildman–Crippen MR) is 76.6 cm³/mol. The number of nitrogens with two attached hydrogens (primary N) is 1. The Labute approximate surface area is 115 Å². The van der Waals surface area contributed by atoms with E-state index in [9.17, 15) is 4.79 Å². The van der Waals surface area contributed by atoms with Crippen LogP contribution in [-0.4, -0.2) is 35.6 Å². The first-order chi connectivity index (χ1) is 9.19. The largest absolute Gasteiger partial charge is 0.395 e. The lowest BCUT2D eigenvalue weighted by Gasteiger charge is -2.23. The molecule has 4 heteroatoms. The molecule has 0 saturated carbocycles. The summed E-state index contributed by atoms with van der Waals surface area (Å²) in [4.78, 5) is 13.9. The molecule has 0 fully saturated rings. The second kappa shape index (κ2) is 8.67. The number of nitrogens with zero attached hydrogens (tertiary/aromatic N) is 1. The van der Waals surface area contributed by atoms with Gasteiger partial charge in [0.05, 0.1) is 6.61 Å². The molecule has 1 unspecified atom stereocenters. The van der Waals surface area contributed by atoms with Crippen LogP contribution in [0.3, 0.4) is 0 Å². The zero-order chi connectivity index (χ0) is 14.1. The van der Waals surface area contributed by atoms with E-state index < -0.39 is 0 Å². The highest BCUT2D eigenvalue weighted by molar-refractivity contribution is 5.77. The fourth-order valence-electron chi connectivity index (χ4n) is 1.97. The molecule has 0 heterocycles. The van der Waals surface area contributed by atoms with Crippen molar-refractivity contribution in [2.45, 2.75) is 32.2 Å². The van der Waals surface area contributed by atoms with Gasteiger partial charge in [0.2, 0.25) is 5.91 Å². The lowest BCUT2D eigenvalue weighted by Crippen LogP contribution is -2.36. The monoisotopic (exact) mass is 264 g/mol. The van der Waals surface area contributed by atoms with Crippen molar-refractivity contribution in [1.82, 2.24) is 4.90 Å². The molecule has 19 heavy (non-hydrogen) atoms. The molecule has 0 aromatic heterocycles. The van der Waals surface area contributed by atoms with Gasteiger partial charge in [-0.05, 0) is 12.0 Å². The van der Waals surface area contributed by atoms with Crippen LogP contribution in [0.25, 0.3) is 0 Å². The third kappa shape index (κ3) is 5.41. The number of amides is 1. The second-order valence-corrected chi connectivity index (χ2v) is 4.68. The maximum absolute atomic E-state index is 12.2. The van der Waals surface area contributed by atoms with E-state index in [1.807, 2.05) is 30.3 Å². The van der Waals surface area contributed by atoms with E-state index >= 15 is 0 Å². The van der Waals surface area contributed by atoms with Crippen molar-refractivity contribution < 1.29 is 9.90 Å². The number of unbranched alkanes of at least 4 members (excludes halogenated alkanes) is 1. The summed E-state index contributed by atoms with van der Waals surface area (Å²) in [6.45, 7) is 3.16. The van der Waals surface area contributed by atoms with E-state index in [1.165, 1.54) is 0 Å². The number of benzene rings is 1. The van der Waals surface area contributed by atoms with Crippen LogP contribution in [0.1, 0.15) is 37.8 Å². The van der Waals surface area contributed by atoms with E-state index in [0.29, 0.717) is 13.1 Å². The standard InChI is InChI=1S/C15H24N2O2/c1-2-3-9-17(10-11-18)15(19)12-14(16)13-7-5-4-6-8-13/h4-8,14,18H,2-3,9-12,16H2,1H3. The summed E-state index contributed by atoms with van der Waals surface area (Å²) in [6, 6.07) is 9.35. The third-order valence-electron chi connectivity index (χ3n) is 3.13. The molecule has 1 amide bonds. The number of hydrogen-bond acceptors (Lipinski definition) is 3. The molecule has 0 saturated heterocycles. The second-order valence-electron chi connectivity index (χ2n) is 4.68. The van der Waals surface area contributed by atoms with Gasteiger partial charge < -0.3 is 15.7 Å². The minimum Gasteiger partial charge on any atom is -0.395 e. The normalized spacial score (nSPS) is 12.2. The Hall–Kier alpha value is -1.39. The molecule has 1 rings (SSSR count). The smallest absolute Gasteiger partial charge is 0.224 e. The molecule has 0 spiro atoms. The summed E-state index contributed by atoms with van der Waals surface area (Å²) >= 11 is 0. The molecular formula is C15H24N2O2. The van der Waals surface area contributed by atoms with Gasteiger partial charge >= 0.3 is 0 Å². The number of carbonyl (C=O) groups is 1. The number of carbonyl (C=O) groups excluding carboxylic acids is 1. The first-order valence-corrected chi connectivity index (χ1v) is 6.88. The predicted octanol–water partition coefficient (Wildman–Crippen LogP) is 1.70. The zero-order valence-electron chi connectivity index (χ0n) is 11.6. The Morgan fingerprint density at radius 2 is 2.00 bits per heavy atom. The molecule has 0 aliphatic heterocycles. The molecule has 0 aliphatic carbocycles. The van der Waals surface area contributed by atoms with Crippen molar-refractivity contribution in [3.63, 3.8) is 0 Å². The van der Waals surface area contributed by atoms with Crippen LogP contribution >= 0.6 is 0 Å². The quantitative estimate of drug-likeness (QED) is 0.751. The maximum Gasteiger partial charge on any atom is 0.224 e. The fraction of sp³-hybridized carbons (Fsp3) is 0.533. The van der Waals surface area contributed by atoms with Crippen LogP contribution in [0.5, 0.6) is 0 Å². The topological polar surface area (TPSA) is 66.6 Å². The van der Waals surface area contributed by atoms with E-state index in [-0.39, 0.29) is 25.0 Å². The summed E-state index contributed by atoms with van der Waals surface area (Å²) in [5.74, 6) is 0.0128. The maximum atomic E-state index is 12.2. The van der Waals surface area contributed by atoms with Crippen molar-refractivity contribution in [3.05, 3.63) is 35.9 Å². The summed E-state index contributed by atoms with van der Waals surface area (Å²) in [7, 11) is 0. The molecular weight excluding hydrogens is 240 g/mol. The van der Waals surface area contributed by atoms with Crippen molar-refractivity contribution in [2.24, 2.45) is 5.73 Å². The third-order valence-corrected chi connectivity index (χ3v) is 3.13. The van der Waals surface area contributed by atoms with Crippen molar-refractivity contribution in [3.8, 4) is 0 Å². The van der Waals surface area contributed by atoms with Gasteiger partial charge in [0.15, 0.2) is 0 Å². The number of rotatable bonds is 8. The number of aliphatic hydroxyl groups excluding tert-OH is 1. The van der Waals surface area contributed by atoms with Crippen LogP contribution in [0.4, 0.5) is 0 Å². The average Bonchev–Trinajstić information content (AvgIpc) is 2.44. The van der Waals surface area contributed by atoms with Gasteiger partial charge in [0, 0.05) is 25.6 Å². The van der Waals surface area contributed by atoms with Crippen LogP contribution in [-0.2, 0) is 4.79 Å². The van der Waals surface area contributed by atoms with Crippen LogP contribution < -0.4 is 5.73 Å². The highest BCUT2D eigenvalue weighted by Crippen LogP contribution is 2.14. The minimum atomic E-state index is -0.281. The lowest BCUT2D eigenvalue weighted by atomic mass is 10.0. The zero-order valence-corrected chi connectivity index (χ0v) is 11.6. The average molecular weight is 264 g/mol. The van der Waals surface area contributed by atoms with Gasteiger partial charge in [-0.3, -0.25) is 4.79 Å². The molecule has 4 nitrogen and oxygen atoms in total. The van der Waals surface area contributed by atoms with E-state index in [0.717, 1.165) is 18.4 Å². The lowest BCUT2D eigenvalue weighted by molar-refractivity contribution is -0.132. The van der Waals surface area contributed by atoms with Gasteiger partial charge in [0.25, 0.3) is 0 Å². The van der Waals surface area contributed by atoms with E-state index in [2.05, 4.69) is 6.92 Å². The summed E-state index contributed by atoms with van der Waals surface area (Å²) in [5.41, 5.74) is 7.02. The summed E-state index contributed by atoms with van der Waals surface area (Å²) in [6.07, 6.45) is 2.26. The van der Waals surface area contributed by atoms with Crippen LogP contribution in [0, 0.1) is 0 Å². The van der Waals surface area contributed by atoms with Gasteiger partial charge in [-0.15, -0.1) is 0 Å². The highest BCUT2D eigenvalue weighted by Gasteiger charge is 2.17. The molecule has 0 bridgehead atoms. The molecule has 106 valence electrons. The van der Waals surface area contributed by atoms with Gasteiger partial charge in [0.1, 0.15) is 0 Å². The van der Waals surface area contributed by atoms with Gasteiger partial charge in [-0.2, -0.15) is 0 Å². The SMILES string of the molecule is CCCCN(CCO)C(=O)CC(N)c1ccccc1. The molecule has 1 aromatic rings. The van der Waals surface area contributed by atoms with Crippen molar-refractivity contribution in [1.29, 1.82) is 0 Å². The Morgan fingerprint density at radius 1 is 1.32 bits per heavy atom. The minimum absolute atomic E-state index is 0.00394. The Bertz CT molecular complexity index is 368. The molecule has 1 aromatic carbocycles. The fourth-order valence-corrected chi connectivity index (χ4v) is 1.97. The van der Waals surface area contributed by atoms with Crippen LogP contribution in [0.15, 0.2) is 30.3 Å². The molecule has 1 atom stereocenters. The summed E-state index contributed by atoms with van der Waals surface area (Å²) < 4.78 is 0. The van der Waals surface area contributed by atoms with E-state index in [1.54, 1.807) is 4.90 Å². The van der Waals surface area contributed by atoms with Crippen molar-refractivity contribution >= 4 is 5.91 Å². The Balaban J connectivity index is 2.55. The van der Waals surface area contributed by atoms with Gasteiger partial charge in [-0.25, -0.2) is 0 Å². The Morgan fingerprint density at radius 3 is 2.58 bits per heavy atom. The van der Waals surface area contributed by atoms with Crippen molar-refractivity contribution in [2.75, 3.05) is 19.7 Å². The molecule has 0 radical (unpaired) electrons. The summed E-state index contributed by atoms with van der Waals surface area (Å²) in [5, 5.41) is 9.01.